The summed E-state index contributed by atoms with van der Waals surface area (Å²) in [5.41, 5.74) is 2.62. The second kappa shape index (κ2) is 16.2. The van der Waals surface area contributed by atoms with Crippen LogP contribution in [0.2, 0.25) is 0 Å². The number of urea groups is 1. The van der Waals surface area contributed by atoms with Crippen LogP contribution in [-0.4, -0.2) is 18.5 Å². The van der Waals surface area contributed by atoms with Gasteiger partial charge in [0.15, 0.2) is 5.75 Å². The van der Waals surface area contributed by atoms with Gasteiger partial charge >= 0.3 is 12.0 Å². The van der Waals surface area contributed by atoms with Crippen molar-refractivity contribution >= 4 is 35.1 Å². The second-order valence-corrected chi connectivity index (χ2v) is 11.5. The number of benzene rings is 5. The van der Waals surface area contributed by atoms with Crippen LogP contribution in [0.1, 0.15) is 31.7 Å². The molecule has 0 aromatic heterocycles. The minimum Gasteiger partial charge on any atom is -0.455 e. The molecule has 6 nitrogen and oxygen atoms in total. The van der Waals surface area contributed by atoms with Crippen molar-refractivity contribution in [2.24, 2.45) is 0 Å². The average Bonchev–Trinajstić information content (AvgIpc) is 3.06. The molecule has 228 valence electrons. The molecule has 0 aliphatic carbocycles. The number of nitrogens with zero attached hydrogens (tertiary/aromatic N) is 1. The molecular formula is C38H36N2O4S. The first-order valence-corrected chi connectivity index (χ1v) is 15.9. The van der Waals surface area contributed by atoms with E-state index in [1.807, 2.05) is 128 Å². The number of anilines is 2. The maximum Gasteiger partial charge on any atom is 0.326 e. The summed E-state index contributed by atoms with van der Waals surface area (Å²) in [6.45, 7) is 2.48. The van der Waals surface area contributed by atoms with Crippen LogP contribution in [0.25, 0.3) is 0 Å². The number of para-hydroxylation sites is 3. The SMILES string of the molecule is CCCC(=O)Oc1ccc(Sc2ccc(N(CCCc3ccccc3)C(=O)Nc3ccccc3Oc3ccccc3)cc2)cc1. The Morgan fingerprint density at radius 2 is 1.33 bits per heavy atom. The molecular weight excluding hydrogens is 580 g/mol. The maximum absolute atomic E-state index is 13.8. The lowest BCUT2D eigenvalue weighted by atomic mass is 10.1. The van der Waals surface area contributed by atoms with Crippen molar-refractivity contribution in [1.82, 2.24) is 0 Å². The molecule has 0 saturated heterocycles. The van der Waals surface area contributed by atoms with Crippen molar-refractivity contribution in [3.05, 3.63) is 139 Å². The predicted molar refractivity (Wildman–Crippen MR) is 182 cm³/mol. The smallest absolute Gasteiger partial charge is 0.326 e. The molecule has 5 aromatic carbocycles. The van der Waals surface area contributed by atoms with Crippen molar-refractivity contribution in [2.45, 2.75) is 42.4 Å². The summed E-state index contributed by atoms with van der Waals surface area (Å²) >= 11 is 1.60. The number of esters is 1. The summed E-state index contributed by atoms with van der Waals surface area (Å²) < 4.78 is 11.4. The molecule has 5 rings (SSSR count). The van der Waals surface area contributed by atoms with E-state index in [9.17, 15) is 9.59 Å². The average molecular weight is 617 g/mol. The van der Waals surface area contributed by atoms with Crippen molar-refractivity contribution in [1.29, 1.82) is 0 Å². The number of nitrogens with one attached hydrogen (secondary N) is 1. The Balaban J connectivity index is 1.29. The van der Waals surface area contributed by atoms with Gasteiger partial charge in [0.2, 0.25) is 0 Å². The second-order valence-electron chi connectivity index (χ2n) is 10.4. The van der Waals surface area contributed by atoms with Gasteiger partial charge in [0.05, 0.1) is 5.69 Å². The first kappa shape index (κ1) is 31.4. The minimum absolute atomic E-state index is 0.224. The molecule has 1 N–H and O–H groups in total. The van der Waals surface area contributed by atoms with Crippen LogP contribution in [-0.2, 0) is 11.2 Å². The third-order valence-electron chi connectivity index (χ3n) is 6.93. The minimum atomic E-state index is -0.235. The molecule has 0 bridgehead atoms. The van der Waals surface area contributed by atoms with Gasteiger partial charge in [-0.15, -0.1) is 0 Å². The maximum atomic E-state index is 13.8. The molecule has 0 heterocycles. The highest BCUT2D eigenvalue weighted by Crippen LogP contribution is 2.32. The number of rotatable bonds is 13. The van der Waals surface area contributed by atoms with E-state index in [-0.39, 0.29) is 12.0 Å². The summed E-state index contributed by atoms with van der Waals surface area (Å²) in [6.07, 6.45) is 2.81. The van der Waals surface area contributed by atoms with Crippen LogP contribution < -0.4 is 19.7 Å². The number of amides is 2. The lowest BCUT2D eigenvalue weighted by Crippen LogP contribution is -2.36. The number of aryl methyl sites for hydroxylation is 1. The van der Waals surface area contributed by atoms with Gasteiger partial charge in [-0.25, -0.2) is 4.79 Å². The van der Waals surface area contributed by atoms with Crippen molar-refractivity contribution in [3.8, 4) is 17.2 Å². The fraction of sp³-hybridized carbons (Fsp3) is 0.158. The standard InChI is InChI=1S/C38H36N2O4S/c1-2-12-37(41)44-32-22-26-34(27-23-32)45-33-24-20-30(21-25-33)40(28-11-15-29-13-5-3-6-14-29)38(42)39-35-18-9-10-19-36(35)43-31-16-7-4-8-17-31/h3-10,13-14,16-27H,2,11-12,15,28H2,1H3,(H,39,42). The molecule has 7 heteroatoms. The Morgan fingerprint density at radius 1 is 0.711 bits per heavy atom. The van der Waals surface area contributed by atoms with Crippen LogP contribution in [0.4, 0.5) is 16.2 Å². The molecule has 0 spiro atoms. The third kappa shape index (κ3) is 9.49. The lowest BCUT2D eigenvalue weighted by molar-refractivity contribution is -0.134. The van der Waals surface area contributed by atoms with Gasteiger partial charge in [-0.1, -0.05) is 79.3 Å². The quantitative estimate of drug-likeness (QED) is 0.105. The highest BCUT2D eigenvalue weighted by molar-refractivity contribution is 7.99. The highest BCUT2D eigenvalue weighted by Gasteiger charge is 2.18. The molecule has 5 aromatic rings. The van der Waals surface area contributed by atoms with E-state index in [0.717, 1.165) is 34.7 Å². The van der Waals surface area contributed by atoms with E-state index >= 15 is 0 Å². The molecule has 0 aliphatic heterocycles. The van der Waals surface area contributed by atoms with E-state index in [1.54, 1.807) is 16.7 Å². The molecule has 0 saturated carbocycles. The van der Waals surface area contributed by atoms with E-state index in [0.29, 0.717) is 35.9 Å². The Bertz CT molecular complexity index is 1660. The number of carbonyl (C=O) groups excluding carboxylic acids is 2. The Labute approximate surface area is 269 Å². The van der Waals surface area contributed by atoms with E-state index in [1.165, 1.54) is 5.56 Å². The molecule has 0 radical (unpaired) electrons. The van der Waals surface area contributed by atoms with Crippen LogP contribution in [0.3, 0.4) is 0 Å². The molecule has 45 heavy (non-hydrogen) atoms. The largest absolute Gasteiger partial charge is 0.455 e. The summed E-state index contributed by atoms with van der Waals surface area (Å²) in [5, 5.41) is 3.08. The van der Waals surface area contributed by atoms with Crippen LogP contribution in [0.15, 0.2) is 143 Å². The topological polar surface area (TPSA) is 67.9 Å². The van der Waals surface area contributed by atoms with Crippen LogP contribution in [0.5, 0.6) is 17.2 Å². The van der Waals surface area contributed by atoms with Gasteiger partial charge in [0.1, 0.15) is 11.5 Å². The molecule has 0 atom stereocenters. The molecule has 0 aliphatic rings. The van der Waals surface area contributed by atoms with Gasteiger partial charge in [-0.3, -0.25) is 9.69 Å². The summed E-state index contributed by atoms with van der Waals surface area (Å²) in [4.78, 5) is 29.4. The first-order valence-electron chi connectivity index (χ1n) is 15.1. The zero-order chi connectivity index (χ0) is 31.3. The third-order valence-corrected chi connectivity index (χ3v) is 7.94. The summed E-state index contributed by atoms with van der Waals surface area (Å²) in [6, 6.07) is 42.5. The van der Waals surface area contributed by atoms with Crippen molar-refractivity contribution in [2.75, 3.05) is 16.8 Å². The molecule has 0 fully saturated rings. The first-order chi connectivity index (χ1) is 22.1. The van der Waals surface area contributed by atoms with Gasteiger partial charge < -0.3 is 14.8 Å². The van der Waals surface area contributed by atoms with E-state index < -0.39 is 0 Å². The number of hydrogen-bond donors (Lipinski definition) is 1. The number of ether oxygens (including phenoxy) is 2. The number of hydrogen-bond acceptors (Lipinski definition) is 5. The zero-order valence-corrected chi connectivity index (χ0v) is 26.0. The van der Waals surface area contributed by atoms with Crippen LogP contribution in [0, 0.1) is 0 Å². The normalized spacial score (nSPS) is 10.6. The fourth-order valence-electron chi connectivity index (χ4n) is 4.68. The van der Waals surface area contributed by atoms with Gasteiger partial charge in [0.25, 0.3) is 0 Å². The Kier molecular flexibility index (Phi) is 11.3. The molecule has 0 unspecified atom stereocenters. The Morgan fingerprint density at radius 3 is 2.02 bits per heavy atom. The highest BCUT2D eigenvalue weighted by atomic mass is 32.2. The van der Waals surface area contributed by atoms with E-state index in [2.05, 4.69) is 17.4 Å². The van der Waals surface area contributed by atoms with Gasteiger partial charge in [-0.05, 0) is 97.6 Å². The summed E-state index contributed by atoms with van der Waals surface area (Å²) in [5.74, 6) is 1.58. The van der Waals surface area contributed by atoms with E-state index in [4.69, 9.17) is 9.47 Å². The van der Waals surface area contributed by atoms with Gasteiger partial charge in [-0.2, -0.15) is 0 Å². The monoisotopic (exact) mass is 616 g/mol. The van der Waals surface area contributed by atoms with Crippen molar-refractivity contribution in [3.63, 3.8) is 0 Å². The summed E-state index contributed by atoms with van der Waals surface area (Å²) in [7, 11) is 0. The lowest BCUT2D eigenvalue weighted by Gasteiger charge is -2.24. The predicted octanol–water partition coefficient (Wildman–Crippen LogP) is 10.0. The fourth-order valence-corrected chi connectivity index (χ4v) is 5.50. The Hall–Kier alpha value is -5.01. The van der Waals surface area contributed by atoms with Crippen molar-refractivity contribution < 1.29 is 19.1 Å². The zero-order valence-electron chi connectivity index (χ0n) is 25.2. The van der Waals surface area contributed by atoms with Crippen LogP contribution >= 0.6 is 11.8 Å². The molecule has 2 amide bonds. The number of carbonyl (C=O) groups is 2. The van der Waals surface area contributed by atoms with Gasteiger partial charge in [0, 0.05) is 28.4 Å².